The van der Waals surface area contributed by atoms with Gasteiger partial charge in [0.15, 0.2) is 5.69 Å². The molecule has 0 bridgehead atoms. The summed E-state index contributed by atoms with van der Waals surface area (Å²) in [5, 5.41) is 15.0. The first kappa shape index (κ1) is 14.2. The first-order chi connectivity index (χ1) is 9.40. The topological polar surface area (TPSA) is 84.2 Å². The molecular formula is C12H9BrFN3O3. The number of aromatic nitrogens is 2. The van der Waals surface area contributed by atoms with Gasteiger partial charge in [0.2, 0.25) is 0 Å². The van der Waals surface area contributed by atoms with Crippen molar-refractivity contribution in [1.82, 2.24) is 9.78 Å². The van der Waals surface area contributed by atoms with Gasteiger partial charge >= 0.3 is 5.97 Å². The van der Waals surface area contributed by atoms with Gasteiger partial charge in [-0.25, -0.2) is 9.18 Å². The average Bonchev–Trinajstić information content (AvgIpc) is 2.74. The molecule has 0 radical (unpaired) electrons. The molecule has 0 aliphatic rings. The number of benzene rings is 1. The summed E-state index contributed by atoms with van der Waals surface area (Å²) in [7, 11) is 1.40. The fourth-order valence-corrected chi connectivity index (χ4v) is 1.97. The lowest BCUT2D eigenvalue weighted by Crippen LogP contribution is -2.17. The molecule has 1 aromatic carbocycles. The van der Waals surface area contributed by atoms with E-state index in [0.717, 1.165) is 10.9 Å². The highest BCUT2D eigenvalue weighted by Gasteiger charge is 2.22. The number of hydrogen-bond donors (Lipinski definition) is 2. The molecule has 104 valence electrons. The monoisotopic (exact) mass is 341 g/mol. The number of nitrogens with one attached hydrogen (secondary N) is 1. The molecule has 2 N–H and O–H groups in total. The van der Waals surface area contributed by atoms with E-state index in [1.165, 1.54) is 19.2 Å². The molecule has 20 heavy (non-hydrogen) atoms. The Morgan fingerprint density at radius 1 is 1.45 bits per heavy atom. The van der Waals surface area contributed by atoms with Crippen LogP contribution in [0.2, 0.25) is 0 Å². The van der Waals surface area contributed by atoms with Gasteiger partial charge in [-0.05, 0) is 18.2 Å². The standard InChI is InChI=1S/C12H9BrFN3O3/c1-17-10(12(19)20)7(5-15-17)11(18)16-9-3-2-6(13)4-8(9)14/h2-5H,1H3,(H,16,18)(H,19,20). The van der Waals surface area contributed by atoms with E-state index in [0.29, 0.717) is 4.47 Å². The first-order valence-corrected chi connectivity index (χ1v) is 6.21. The number of carbonyl (C=O) groups excluding carboxylic acids is 1. The molecule has 0 atom stereocenters. The Kier molecular flexibility index (Phi) is 3.84. The summed E-state index contributed by atoms with van der Waals surface area (Å²) < 4.78 is 15.2. The summed E-state index contributed by atoms with van der Waals surface area (Å²) in [6, 6.07) is 4.12. The normalized spacial score (nSPS) is 10.3. The van der Waals surface area contributed by atoms with E-state index < -0.39 is 17.7 Å². The zero-order chi connectivity index (χ0) is 14.9. The molecule has 0 aliphatic carbocycles. The number of anilines is 1. The number of halogens is 2. The Morgan fingerprint density at radius 2 is 2.15 bits per heavy atom. The fourth-order valence-electron chi connectivity index (χ4n) is 1.64. The number of carbonyl (C=O) groups is 2. The lowest BCUT2D eigenvalue weighted by atomic mass is 10.2. The Bertz CT molecular complexity index is 699. The molecular weight excluding hydrogens is 333 g/mol. The predicted molar refractivity (Wildman–Crippen MR) is 72.2 cm³/mol. The van der Waals surface area contributed by atoms with Crippen LogP contribution in [-0.4, -0.2) is 26.8 Å². The van der Waals surface area contributed by atoms with Gasteiger partial charge in [0.1, 0.15) is 5.82 Å². The molecule has 1 amide bonds. The number of carboxylic acid groups (broad SMARTS) is 1. The maximum atomic E-state index is 13.6. The molecule has 2 rings (SSSR count). The molecule has 0 aliphatic heterocycles. The lowest BCUT2D eigenvalue weighted by Gasteiger charge is -2.06. The molecule has 0 spiro atoms. The molecule has 1 aromatic heterocycles. The van der Waals surface area contributed by atoms with Crippen LogP contribution in [0.3, 0.4) is 0 Å². The van der Waals surface area contributed by atoms with Crippen molar-refractivity contribution in [3.05, 3.63) is 45.9 Å². The van der Waals surface area contributed by atoms with Crippen molar-refractivity contribution in [2.24, 2.45) is 7.05 Å². The second-order valence-electron chi connectivity index (χ2n) is 3.91. The third-order valence-corrected chi connectivity index (χ3v) is 3.06. The molecule has 1 heterocycles. The minimum absolute atomic E-state index is 0.0432. The van der Waals surface area contributed by atoms with Crippen LogP contribution in [0, 0.1) is 5.82 Å². The Balaban J connectivity index is 2.31. The van der Waals surface area contributed by atoms with Gasteiger partial charge in [-0.15, -0.1) is 0 Å². The van der Waals surface area contributed by atoms with Crippen LogP contribution in [0.1, 0.15) is 20.8 Å². The highest BCUT2D eigenvalue weighted by molar-refractivity contribution is 9.10. The average molecular weight is 342 g/mol. The van der Waals surface area contributed by atoms with Crippen LogP contribution in [0.15, 0.2) is 28.9 Å². The summed E-state index contributed by atoms with van der Waals surface area (Å²) in [6.45, 7) is 0. The number of aryl methyl sites for hydroxylation is 1. The van der Waals surface area contributed by atoms with E-state index >= 15 is 0 Å². The quantitative estimate of drug-likeness (QED) is 0.896. The second kappa shape index (κ2) is 5.41. The van der Waals surface area contributed by atoms with E-state index in [1.54, 1.807) is 6.07 Å². The number of rotatable bonds is 3. The summed E-state index contributed by atoms with van der Waals surface area (Å²) in [4.78, 5) is 23.0. The summed E-state index contributed by atoms with van der Waals surface area (Å²) >= 11 is 3.10. The maximum Gasteiger partial charge on any atom is 0.354 e. The van der Waals surface area contributed by atoms with Gasteiger partial charge < -0.3 is 10.4 Å². The Hall–Kier alpha value is -2.22. The van der Waals surface area contributed by atoms with Crippen molar-refractivity contribution >= 4 is 33.5 Å². The van der Waals surface area contributed by atoms with E-state index in [4.69, 9.17) is 5.11 Å². The molecule has 8 heteroatoms. The van der Waals surface area contributed by atoms with E-state index in [-0.39, 0.29) is 16.9 Å². The van der Waals surface area contributed by atoms with Crippen LogP contribution < -0.4 is 5.32 Å². The molecule has 2 aromatic rings. The zero-order valence-electron chi connectivity index (χ0n) is 10.2. The van der Waals surface area contributed by atoms with Crippen molar-refractivity contribution in [1.29, 1.82) is 0 Å². The van der Waals surface area contributed by atoms with Crippen LogP contribution in [0.5, 0.6) is 0 Å². The van der Waals surface area contributed by atoms with Gasteiger partial charge in [0.05, 0.1) is 17.4 Å². The Labute approximate surface area is 121 Å². The number of carboxylic acids is 1. The number of aromatic carboxylic acids is 1. The van der Waals surface area contributed by atoms with Gasteiger partial charge in [-0.2, -0.15) is 5.10 Å². The summed E-state index contributed by atoms with van der Waals surface area (Å²) in [6.07, 6.45) is 1.12. The smallest absolute Gasteiger partial charge is 0.354 e. The molecule has 0 saturated heterocycles. The van der Waals surface area contributed by atoms with Gasteiger partial charge in [-0.3, -0.25) is 9.48 Å². The largest absolute Gasteiger partial charge is 0.477 e. The minimum atomic E-state index is -1.29. The van der Waals surface area contributed by atoms with Crippen molar-refractivity contribution in [2.45, 2.75) is 0 Å². The van der Waals surface area contributed by atoms with Gasteiger partial charge in [0.25, 0.3) is 5.91 Å². The van der Waals surface area contributed by atoms with Crippen LogP contribution in [-0.2, 0) is 7.05 Å². The molecule has 0 saturated carbocycles. The van der Waals surface area contributed by atoms with Crippen LogP contribution in [0.25, 0.3) is 0 Å². The molecule has 0 fully saturated rings. The van der Waals surface area contributed by atoms with Crippen LogP contribution >= 0.6 is 15.9 Å². The summed E-state index contributed by atoms with van der Waals surface area (Å²) in [5.74, 6) is -2.66. The van der Waals surface area contributed by atoms with Crippen molar-refractivity contribution in [2.75, 3.05) is 5.32 Å². The third kappa shape index (κ3) is 2.69. The Morgan fingerprint density at radius 3 is 2.75 bits per heavy atom. The zero-order valence-corrected chi connectivity index (χ0v) is 11.8. The van der Waals surface area contributed by atoms with E-state index in [1.807, 2.05) is 0 Å². The maximum absolute atomic E-state index is 13.6. The van der Waals surface area contributed by atoms with E-state index in [2.05, 4.69) is 26.3 Å². The van der Waals surface area contributed by atoms with Gasteiger partial charge in [-0.1, -0.05) is 15.9 Å². The van der Waals surface area contributed by atoms with Crippen molar-refractivity contribution in [3.63, 3.8) is 0 Å². The van der Waals surface area contributed by atoms with Gasteiger partial charge in [0, 0.05) is 11.5 Å². The van der Waals surface area contributed by atoms with Crippen LogP contribution in [0.4, 0.5) is 10.1 Å². The van der Waals surface area contributed by atoms with Crippen molar-refractivity contribution in [3.8, 4) is 0 Å². The van der Waals surface area contributed by atoms with Crippen molar-refractivity contribution < 1.29 is 19.1 Å². The lowest BCUT2D eigenvalue weighted by molar-refractivity contribution is 0.0680. The molecule has 6 nitrogen and oxygen atoms in total. The summed E-state index contributed by atoms with van der Waals surface area (Å²) in [5.41, 5.74) is -0.444. The highest BCUT2D eigenvalue weighted by Crippen LogP contribution is 2.20. The molecule has 0 unspecified atom stereocenters. The predicted octanol–water partition coefficient (Wildman–Crippen LogP) is 2.27. The SMILES string of the molecule is Cn1ncc(C(=O)Nc2ccc(Br)cc2F)c1C(=O)O. The fraction of sp³-hybridized carbons (Fsp3) is 0.0833. The minimum Gasteiger partial charge on any atom is -0.477 e. The number of nitrogens with zero attached hydrogens (tertiary/aromatic N) is 2. The second-order valence-corrected chi connectivity index (χ2v) is 4.83. The van der Waals surface area contributed by atoms with E-state index in [9.17, 15) is 14.0 Å². The third-order valence-electron chi connectivity index (χ3n) is 2.57. The first-order valence-electron chi connectivity index (χ1n) is 5.42. The highest BCUT2D eigenvalue weighted by atomic mass is 79.9. The number of hydrogen-bond acceptors (Lipinski definition) is 3. The number of amides is 1.